The topological polar surface area (TPSA) is 85.4 Å². The van der Waals surface area contributed by atoms with Crippen molar-refractivity contribution in [1.29, 1.82) is 0 Å². The number of H-pyrrole nitrogens is 1. The van der Waals surface area contributed by atoms with Crippen LogP contribution in [0.25, 0.3) is 10.9 Å². The van der Waals surface area contributed by atoms with Crippen LogP contribution in [0.5, 0.6) is 0 Å². The zero-order valence-corrected chi connectivity index (χ0v) is 17.6. The van der Waals surface area contributed by atoms with Gasteiger partial charge < -0.3 is 20.3 Å². The number of aliphatic hydroxyl groups excluding tert-OH is 1. The zero-order chi connectivity index (χ0) is 21.4. The molecule has 0 spiro atoms. The third kappa shape index (κ3) is 3.68. The summed E-state index contributed by atoms with van der Waals surface area (Å²) in [5, 5.41) is 14.6. The molecule has 1 aromatic heterocycles. The van der Waals surface area contributed by atoms with Gasteiger partial charge in [0.1, 0.15) is 11.8 Å². The van der Waals surface area contributed by atoms with Gasteiger partial charge in [-0.1, -0.05) is 42.8 Å². The first-order chi connectivity index (χ1) is 14.4. The highest BCUT2D eigenvalue weighted by Gasteiger charge is 2.39. The summed E-state index contributed by atoms with van der Waals surface area (Å²) in [4.78, 5) is 30.3. The van der Waals surface area contributed by atoms with E-state index in [1.165, 1.54) is 0 Å². The zero-order valence-electron chi connectivity index (χ0n) is 16.9. The third-order valence-electron chi connectivity index (χ3n) is 5.78. The first-order valence-electron chi connectivity index (χ1n) is 10.0. The fraction of sp³-hybridized carbons (Fsp3) is 0.304. The Morgan fingerprint density at radius 3 is 2.80 bits per heavy atom. The molecule has 7 heteroatoms. The number of nitrogens with zero attached hydrogens (tertiary/aromatic N) is 1. The van der Waals surface area contributed by atoms with E-state index in [-0.39, 0.29) is 23.9 Å². The van der Waals surface area contributed by atoms with Gasteiger partial charge in [0.05, 0.1) is 12.1 Å². The molecule has 1 aliphatic carbocycles. The first-order valence-corrected chi connectivity index (χ1v) is 10.4. The Hall–Kier alpha value is -2.83. The average Bonchev–Trinajstić information content (AvgIpc) is 3.32. The second kappa shape index (κ2) is 8.13. The summed E-state index contributed by atoms with van der Waals surface area (Å²) in [5.74, 6) is -0.597. The monoisotopic (exact) mass is 425 g/mol. The number of likely N-dealkylation sites (N-methyl/N-ethyl adjacent to an activating group) is 1. The maximum absolute atomic E-state index is 13.0. The number of rotatable bonds is 5. The van der Waals surface area contributed by atoms with Crippen molar-refractivity contribution in [1.82, 2.24) is 15.2 Å². The van der Waals surface area contributed by atoms with Gasteiger partial charge in [0.15, 0.2) is 0 Å². The number of amides is 2. The van der Waals surface area contributed by atoms with Crippen molar-refractivity contribution in [2.75, 3.05) is 7.05 Å². The van der Waals surface area contributed by atoms with Gasteiger partial charge in [-0.15, -0.1) is 0 Å². The molecular formula is C23H24ClN3O3. The van der Waals surface area contributed by atoms with Crippen LogP contribution in [0.15, 0.2) is 48.5 Å². The Morgan fingerprint density at radius 2 is 2.03 bits per heavy atom. The minimum atomic E-state index is -1.06. The maximum Gasteiger partial charge on any atom is 0.268 e. The van der Waals surface area contributed by atoms with Crippen LogP contribution in [-0.2, 0) is 11.2 Å². The molecule has 0 radical (unpaired) electrons. The fourth-order valence-electron chi connectivity index (χ4n) is 4.20. The molecule has 4 rings (SSSR count). The average molecular weight is 426 g/mol. The van der Waals surface area contributed by atoms with Crippen LogP contribution in [0, 0.1) is 0 Å². The van der Waals surface area contributed by atoms with Crippen LogP contribution in [0.4, 0.5) is 0 Å². The van der Waals surface area contributed by atoms with Crippen molar-refractivity contribution in [3.8, 4) is 0 Å². The molecule has 0 aliphatic heterocycles. The predicted octanol–water partition coefficient (Wildman–Crippen LogP) is 3.45. The molecule has 0 saturated heterocycles. The second-order valence-electron chi connectivity index (χ2n) is 7.72. The second-order valence-corrected chi connectivity index (χ2v) is 8.15. The highest BCUT2D eigenvalue weighted by atomic mass is 35.5. The third-order valence-corrected chi connectivity index (χ3v) is 6.01. The van der Waals surface area contributed by atoms with Crippen molar-refractivity contribution in [2.24, 2.45) is 0 Å². The van der Waals surface area contributed by atoms with Crippen molar-refractivity contribution >= 4 is 34.3 Å². The summed E-state index contributed by atoms with van der Waals surface area (Å²) in [6.45, 7) is 1.76. The number of aromatic amines is 1. The number of carbonyl (C=O) groups is 2. The number of halogens is 1. The highest BCUT2D eigenvalue weighted by molar-refractivity contribution is 6.31. The Bertz CT molecular complexity index is 1110. The Balaban J connectivity index is 1.61. The van der Waals surface area contributed by atoms with Gasteiger partial charge in [-0.25, -0.2) is 0 Å². The Kier molecular flexibility index (Phi) is 5.54. The molecule has 30 heavy (non-hydrogen) atoms. The summed E-state index contributed by atoms with van der Waals surface area (Å²) in [6, 6.07) is 14.4. The summed E-state index contributed by atoms with van der Waals surface area (Å²) in [7, 11) is 1.68. The molecule has 2 amide bonds. The molecule has 3 N–H and O–H groups in total. The first kappa shape index (κ1) is 20.4. The normalized spacial score (nSPS) is 18.8. The molecule has 1 heterocycles. The molecule has 0 saturated carbocycles. The Labute approximate surface area is 179 Å². The number of aromatic nitrogens is 1. The van der Waals surface area contributed by atoms with Crippen LogP contribution in [0.3, 0.4) is 0 Å². The number of nitrogens with one attached hydrogen (secondary N) is 2. The van der Waals surface area contributed by atoms with E-state index < -0.39 is 6.10 Å². The van der Waals surface area contributed by atoms with Gasteiger partial charge in [-0.05, 0) is 48.2 Å². The van der Waals surface area contributed by atoms with Gasteiger partial charge in [0.25, 0.3) is 11.8 Å². The molecule has 6 nitrogen and oxygen atoms in total. The largest absolute Gasteiger partial charge is 0.383 e. The minimum absolute atomic E-state index is 0.248. The number of hydrogen-bond acceptors (Lipinski definition) is 3. The standard InChI is InChI=1S/C23H24ClN3O3/c1-3-20(28)23(30)27(2)21-16-7-5-4-6-13(16)11-18(21)26-22(29)19-12-14-10-15(24)8-9-17(14)25-19/h4-10,12,18,20-21,25,28H,3,11H2,1-2H3,(H,26,29)/t18-,20+,21+/m1/s1. The predicted molar refractivity (Wildman–Crippen MR) is 117 cm³/mol. The van der Waals surface area contributed by atoms with Gasteiger partial charge in [0.2, 0.25) is 0 Å². The van der Waals surface area contributed by atoms with Crippen LogP contribution < -0.4 is 5.32 Å². The molecule has 156 valence electrons. The van der Waals surface area contributed by atoms with E-state index in [0.717, 1.165) is 22.0 Å². The molecule has 0 unspecified atom stereocenters. The number of aliphatic hydroxyl groups is 1. The molecule has 2 aromatic carbocycles. The smallest absolute Gasteiger partial charge is 0.268 e. The lowest BCUT2D eigenvalue weighted by atomic mass is 10.0. The molecule has 3 aromatic rings. The summed E-state index contributed by atoms with van der Waals surface area (Å²) in [5.41, 5.74) is 3.34. The van der Waals surface area contributed by atoms with Crippen molar-refractivity contribution in [3.63, 3.8) is 0 Å². The quantitative estimate of drug-likeness (QED) is 0.585. The van der Waals surface area contributed by atoms with Gasteiger partial charge >= 0.3 is 0 Å². The number of fused-ring (bicyclic) bond motifs is 2. The van der Waals surface area contributed by atoms with Crippen molar-refractivity contribution in [2.45, 2.75) is 38.0 Å². The minimum Gasteiger partial charge on any atom is -0.383 e. The molecule has 0 fully saturated rings. The highest BCUT2D eigenvalue weighted by Crippen LogP contribution is 2.36. The van der Waals surface area contributed by atoms with Crippen LogP contribution in [0.2, 0.25) is 5.02 Å². The van der Waals surface area contributed by atoms with E-state index >= 15 is 0 Å². The van der Waals surface area contributed by atoms with Crippen LogP contribution in [0.1, 0.15) is 41.0 Å². The van der Waals surface area contributed by atoms with Crippen molar-refractivity contribution in [3.05, 3.63) is 70.4 Å². The Morgan fingerprint density at radius 1 is 1.27 bits per heavy atom. The summed E-state index contributed by atoms with van der Waals surface area (Å²) in [6.07, 6.45) is -0.109. The lowest BCUT2D eigenvalue weighted by molar-refractivity contribution is -0.141. The van der Waals surface area contributed by atoms with E-state index in [4.69, 9.17) is 11.6 Å². The number of hydrogen-bond donors (Lipinski definition) is 3. The van der Waals surface area contributed by atoms with Gasteiger partial charge in [0, 0.05) is 23.0 Å². The van der Waals surface area contributed by atoms with Crippen molar-refractivity contribution < 1.29 is 14.7 Å². The molecular weight excluding hydrogens is 402 g/mol. The van der Waals surface area contributed by atoms with Crippen LogP contribution in [-0.4, -0.2) is 46.0 Å². The molecule has 1 aliphatic rings. The molecule has 0 bridgehead atoms. The maximum atomic E-state index is 13.0. The van der Waals surface area contributed by atoms with Gasteiger partial charge in [-0.3, -0.25) is 9.59 Å². The van der Waals surface area contributed by atoms with E-state index in [1.54, 1.807) is 37.1 Å². The number of carbonyl (C=O) groups excluding carboxylic acids is 2. The van der Waals surface area contributed by atoms with E-state index in [2.05, 4.69) is 10.3 Å². The van der Waals surface area contributed by atoms with E-state index in [1.807, 2.05) is 30.3 Å². The SMILES string of the molecule is CC[C@H](O)C(=O)N(C)[C@H]1c2ccccc2C[C@H]1NC(=O)c1cc2cc(Cl)ccc2[nH]1. The molecule has 3 atom stereocenters. The lowest BCUT2D eigenvalue weighted by Crippen LogP contribution is -2.47. The fourth-order valence-corrected chi connectivity index (χ4v) is 4.38. The van der Waals surface area contributed by atoms with E-state index in [9.17, 15) is 14.7 Å². The lowest BCUT2D eigenvalue weighted by Gasteiger charge is -2.32. The summed E-state index contributed by atoms with van der Waals surface area (Å²) < 4.78 is 0. The van der Waals surface area contributed by atoms with E-state index in [0.29, 0.717) is 23.6 Å². The summed E-state index contributed by atoms with van der Waals surface area (Å²) >= 11 is 6.05. The number of benzene rings is 2. The van der Waals surface area contributed by atoms with Crippen LogP contribution >= 0.6 is 11.6 Å². The van der Waals surface area contributed by atoms with Gasteiger partial charge in [-0.2, -0.15) is 0 Å².